The number of ether oxygens (including phenoxy) is 1. The van der Waals surface area contributed by atoms with E-state index in [4.69, 9.17) is 16.3 Å². The van der Waals surface area contributed by atoms with Crippen molar-refractivity contribution in [2.75, 3.05) is 11.9 Å². The number of rotatable bonds is 8. The third-order valence-electron chi connectivity index (χ3n) is 5.86. The molecular weight excluding hydrogens is 412 g/mol. The zero-order valence-corrected chi connectivity index (χ0v) is 19.0. The quantitative estimate of drug-likeness (QED) is 0.532. The summed E-state index contributed by atoms with van der Waals surface area (Å²) in [6.45, 7) is 4.15. The third-order valence-corrected chi connectivity index (χ3v) is 6.19. The van der Waals surface area contributed by atoms with Crippen molar-refractivity contribution < 1.29 is 14.3 Å². The molecular formula is C25H31ClN2O3. The lowest BCUT2D eigenvalue weighted by molar-refractivity contribution is -0.118. The topological polar surface area (TPSA) is 67.4 Å². The van der Waals surface area contributed by atoms with E-state index in [1.54, 1.807) is 18.2 Å². The molecule has 0 radical (unpaired) electrons. The van der Waals surface area contributed by atoms with Gasteiger partial charge in [-0.2, -0.15) is 0 Å². The summed E-state index contributed by atoms with van der Waals surface area (Å²) < 4.78 is 5.78. The SMILES string of the molecule is CCC(C)c1ccccc1OCC(=O)Nc1ccc(Cl)c(C(=O)NC2CCCCC2)c1. The molecule has 2 aromatic rings. The first-order chi connectivity index (χ1) is 15.0. The van der Waals surface area contributed by atoms with Crippen molar-refractivity contribution in [3.63, 3.8) is 0 Å². The second-order valence-electron chi connectivity index (χ2n) is 8.19. The van der Waals surface area contributed by atoms with Gasteiger partial charge in [0.05, 0.1) is 10.6 Å². The van der Waals surface area contributed by atoms with Crippen LogP contribution in [-0.2, 0) is 4.79 Å². The van der Waals surface area contributed by atoms with Gasteiger partial charge in [-0.05, 0) is 55.0 Å². The summed E-state index contributed by atoms with van der Waals surface area (Å²) in [6, 6.07) is 12.9. The molecule has 1 fully saturated rings. The molecule has 2 aromatic carbocycles. The maximum Gasteiger partial charge on any atom is 0.262 e. The van der Waals surface area contributed by atoms with Gasteiger partial charge in [0.1, 0.15) is 5.75 Å². The van der Waals surface area contributed by atoms with E-state index in [1.807, 2.05) is 24.3 Å². The Balaban J connectivity index is 1.60. The van der Waals surface area contributed by atoms with Crippen LogP contribution in [0.3, 0.4) is 0 Å². The molecule has 0 aliphatic heterocycles. The lowest BCUT2D eigenvalue weighted by atomic mass is 9.95. The minimum absolute atomic E-state index is 0.111. The molecule has 1 atom stereocenters. The number of benzene rings is 2. The Hall–Kier alpha value is -2.53. The molecule has 3 rings (SSSR count). The monoisotopic (exact) mass is 442 g/mol. The van der Waals surface area contributed by atoms with Crippen LogP contribution in [0.15, 0.2) is 42.5 Å². The molecule has 0 saturated heterocycles. The number of hydrogen-bond acceptors (Lipinski definition) is 3. The van der Waals surface area contributed by atoms with Crippen LogP contribution in [0, 0.1) is 0 Å². The third kappa shape index (κ3) is 6.47. The largest absolute Gasteiger partial charge is 0.483 e. The number of nitrogens with one attached hydrogen (secondary N) is 2. The van der Waals surface area contributed by atoms with Crippen LogP contribution in [0.1, 0.15) is 74.2 Å². The second-order valence-corrected chi connectivity index (χ2v) is 8.59. The fourth-order valence-electron chi connectivity index (χ4n) is 3.87. The number of para-hydroxylation sites is 1. The van der Waals surface area contributed by atoms with E-state index in [0.717, 1.165) is 43.4 Å². The molecule has 6 heteroatoms. The van der Waals surface area contributed by atoms with Crippen LogP contribution >= 0.6 is 11.6 Å². The van der Waals surface area contributed by atoms with E-state index >= 15 is 0 Å². The predicted octanol–water partition coefficient (Wildman–Crippen LogP) is 5.93. The number of anilines is 1. The molecule has 1 saturated carbocycles. The Morgan fingerprint density at radius 2 is 1.87 bits per heavy atom. The lowest BCUT2D eigenvalue weighted by Crippen LogP contribution is -2.36. The summed E-state index contributed by atoms with van der Waals surface area (Å²) in [5, 5.41) is 6.23. The molecule has 0 spiro atoms. The van der Waals surface area contributed by atoms with E-state index in [-0.39, 0.29) is 24.5 Å². The zero-order valence-electron chi connectivity index (χ0n) is 18.2. The van der Waals surface area contributed by atoms with Gasteiger partial charge in [-0.15, -0.1) is 0 Å². The van der Waals surface area contributed by atoms with Gasteiger partial charge < -0.3 is 15.4 Å². The van der Waals surface area contributed by atoms with Gasteiger partial charge in [0.15, 0.2) is 6.61 Å². The summed E-state index contributed by atoms with van der Waals surface area (Å²) in [7, 11) is 0. The Labute approximate surface area is 189 Å². The Kier molecular flexibility index (Phi) is 8.35. The average molecular weight is 443 g/mol. The summed E-state index contributed by atoms with van der Waals surface area (Å²) >= 11 is 6.25. The van der Waals surface area contributed by atoms with E-state index in [9.17, 15) is 9.59 Å². The predicted molar refractivity (Wildman–Crippen MR) is 125 cm³/mol. The molecule has 0 heterocycles. The standard InChI is InChI=1S/C25H31ClN2O3/c1-3-17(2)20-11-7-8-12-23(20)31-16-24(29)27-19-13-14-22(26)21(15-19)25(30)28-18-9-5-4-6-10-18/h7-8,11-15,17-18H,3-6,9-10,16H2,1-2H3,(H,27,29)(H,28,30). The van der Waals surface area contributed by atoms with Gasteiger partial charge in [-0.25, -0.2) is 0 Å². The van der Waals surface area contributed by atoms with Gasteiger partial charge in [0, 0.05) is 11.7 Å². The van der Waals surface area contributed by atoms with Crippen LogP contribution in [0.4, 0.5) is 5.69 Å². The van der Waals surface area contributed by atoms with Gasteiger partial charge >= 0.3 is 0 Å². The minimum atomic E-state index is -0.292. The Bertz CT molecular complexity index is 909. The molecule has 1 aliphatic rings. The van der Waals surface area contributed by atoms with Crippen LogP contribution in [-0.4, -0.2) is 24.5 Å². The van der Waals surface area contributed by atoms with Crippen LogP contribution in [0.25, 0.3) is 0 Å². The zero-order chi connectivity index (χ0) is 22.2. The molecule has 2 amide bonds. The fourth-order valence-corrected chi connectivity index (χ4v) is 4.07. The van der Waals surface area contributed by atoms with Crippen molar-refractivity contribution in [2.45, 2.75) is 64.3 Å². The molecule has 0 aromatic heterocycles. The van der Waals surface area contributed by atoms with E-state index in [1.165, 1.54) is 6.42 Å². The van der Waals surface area contributed by atoms with Gasteiger partial charge in [-0.1, -0.05) is 62.9 Å². The molecule has 166 valence electrons. The highest BCUT2D eigenvalue weighted by atomic mass is 35.5. The Morgan fingerprint density at radius 1 is 1.13 bits per heavy atom. The molecule has 1 unspecified atom stereocenters. The van der Waals surface area contributed by atoms with Crippen molar-refractivity contribution in [1.82, 2.24) is 5.32 Å². The fraction of sp³-hybridized carbons (Fsp3) is 0.440. The number of amides is 2. The first-order valence-electron chi connectivity index (χ1n) is 11.1. The summed E-state index contributed by atoms with van der Waals surface area (Å²) in [5.74, 6) is 0.572. The number of hydrogen-bond donors (Lipinski definition) is 2. The lowest BCUT2D eigenvalue weighted by Gasteiger charge is -2.23. The van der Waals surface area contributed by atoms with Gasteiger partial charge in [0.25, 0.3) is 11.8 Å². The molecule has 5 nitrogen and oxygen atoms in total. The highest BCUT2D eigenvalue weighted by Crippen LogP contribution is 2.28. The molecule has 1 aliphatic carbocycles. The number of carbonyl (C=O) groups is 2. The van der Waals surface area contributed by atoms with Crippen molar-refractivity contribution in [2.24, 2.45) is 0 Å². The summed E-state index contributed by atoms with van der Waals surface area (Å²) in [4.78, 5) is 25.1. The van der Waals surface area contributed by atoms with Crippen LogP contribution in [0.5, 0.6) is 5.75 Å². The highest BCUT2D eigenvalue weighted by Gasteiger charge is 2.19. The normalized spacial score (nSPS) is 15.2. The first-order valence-corrected chi connectivity index (χ1v) is 11.5. The van der Waals surface area contributed by atoms with Crippen molar-refractivity contribution in [1.29, 1.82) is 0 Å². The molecule has 2 N–H and O–H groups in total. The van der Waals surface area contributed by atoms with Crippen molar-refractivity contribution in [3.8, 4) is 5.75 Å². The van der Waals surface area contributed by atoms with E-state index in [2.05, 4.69) is 24.5 Å². The van der Waals surface area contributed by atoms with Gasteiger partial charge in [-0.3, -0.25) is 9.59 Å². The molecule has 0 bridgehead atoms. The van der Waals surface area contributed by atoms with Crippen molar-refractivity contribution in [3.05, 3.63) is 58.6 Å². The minimum Gasteiger partial charge on any atom is -0.483 e. The van der Waals surface area contributed by atoms with Crippen molar-refractivity contribution >= 4 is 29.1 Å². The second kappa shape index (κ2) is 11.2. The highest BCUT2D eigenvalue weighted by molar-refractivity contribution is 6.34. The maximum atomic E-state index is 12.7. The number of halogens is 1. The number of carbonyl (C=O) groups excluding carboxylic acids is 2. The van der Waals surface area contributed by atoms with E-state index < -0.39 is 0 Å². The molecule has 31 heavy (non-hydrogen) atoms. The van der Waals surface area contributed by atoms with Crippen LogP contribution in [0.2, 0.25) is 5.02 Å². The average Bonchev–Trinajstić information content (AvgIpc) is 2.79. The van der Waals surface area contributed by atoms with E-state index in [0.29, 0.717) is 22.2 Å². The maximum absolute atomic E-state index is 12.7. The Morgan fingerprint density at radius 3 is 2.61 bits per heavy atom. The summed E-state index contributed by atoms with van der Waals surface area (Å²) in [5.41, 5.74) is 1.97. The summed E-state index contributed by atoms with van der Waals surface area (Å²) in [6.07, 6.45) is 6.47. The van der Waals surface area contributed by atoms with Crippen LogP contribution < -0.4 is 15.4 Å². The van der Waals surface area contributed by atoms with Gasteiger partial charge in [0.2, 0.25) is 0 Å². The smallest absolute Gasteiger partial charge is 0.262 e. The first kappa shape index (κ1) is 23.1.